The first-order valence-electron chi connectivity index (χ1n) is 11.4. The number of fused-ring (bicyclic) bond motifs is 2. The van der Waals surface area contributed by atoms with Crippen molar-refractivity contribution in [2.45, 2.75) is 31.7 Å². The van der Waals surface area contributed by atoms with E-state index in [9.17, 15) is 9.59 Å². The first kappa shape index (κ1) is 19.8. The highest BCUT2D eigenvalue weighted by atomic mass is 16.3. The van der Waals surface area contributed by atoms with Gasteiger partial charge < -0.3 is 14.2 Å². The van der Waals surface area contributed by atoms with Gasteiger partial charge >= 0.3 is 0 Å². The second kappa shape index (κ2) is 7.92. The molecule has 1 atom stereocenters. The fourth-order valence-corrected chi connectivity index (χ4v) is 5.03. The molecule has 0 aliphatic carbocycles. The van der Waals surface area contributed by atoms with Crippen LogP contribution in [0.1, 0.15) is 57.6 Å². The van der Waals surface area contributed by atoms with Crippen molar-refractivity contribution in [3.05, 3.63) is 83.4 Å². The predicted molar refractivity (Wildman–Crippen MR) is 124 cm³/mol. The number of hydrogen-bond donors (Lipinski definition) is 1. The number of rotatable bonds is 3. The highest BCUT2D eigenvalue weighted by Gasteiger charge is 2.33. The minimum absolute atomic E-state index is 0.117. The molecule has 2 aliphatic heterocycles. The molecule has 2 aliphatic rings. The Balaban J connectivity index is 1.26. The van der Waals surface area contributed by atoms with Crippen LogP contribution in [0.15, 0.2) is 65.1 Å². The summed E-state index contributed by atoms with van der Waals surface area (Å²) in [5.74, 6) is 0.0906. The van der Waals surface area contributed by atoms with Gasteiger partial charge in [-0.15, -0.1) is 0 Å². The highest BCUT2D eigenvalue weighted by molar-refractivity contribution is 6.06. The smallest absolute Gasteiger partial charge is 0.290 e. The SMILES string of the molecule is O=C(c1cc(C2CCCCN2C(=O)c2cc3ccccc3o2)[nH]n1)N1CCc2ccccc21. The van der Waals surface area contributed by atoms with Gasteiger partial charge in [0, 0.05) is 24.2 Å². The van der Waals surface area contributed by atoms with Crippen molar-refractivity contribution in [1.29, 1.82) is 0 Å². The van der Waals surface area contributed by atoms with E-state index < -0.39 is 0 Å². The Bertz CT molecular complexity index is 1320. The monoisotopic (exact) mass is 440 g/mol. The Morgan fingerprint density at radius 1 is 0.970 bits per heavy atom. The number of hydrogen-bond acceptors (Lipinski definition) is 4. The zero-order valence-corrected chi connectivity index (χ0v) is 18.2. The minimum atomic E-state index is -0.167. The van der Waals surface area contributed by atoms with Gasteiger partial charge in [-0.1, -0.05) is 36.4 Å². The third-order valence-corrected chi connectivity index (χ3v) is 6.71. The Morgan fingerprint density at radius 3 is 2.73 bits per heavy atom. The summed E-state index contributed by atoms with van der Waals surface area (Å²) in [5, 5.41) is 8.29. The van der Waals surface area contributed by atoms with Gasteiger partial charge in [0.2, 0.25) is 0 Å². The number of H-pyrrole nitrogens is 1. The van der Waals surface area contributed by atoms with Gasteiger partial charge in [-0.2, -0.15) is 5.10 Å². The number of para-hydroxylation sites is 2. The molecule has 1 saturated heterocycles. The number of carbonyl (C=O) groups excluding carboxylic acids is 2. The van der Waals surface area contributed by atoms with Crippen LogP contribution >= 0.6 is 0 Å². The molecular formula is C26H24N4O3. The van der Waals surface area contributed by atoms with E-state index in [1.54, 1.807) is 17.0 Å². The minimum Gasteiger partial charge on any atom is -0.451 e. The summed E-state index contributed by atoms with van der Waals surface area (Å²) in [6.07, 6.45) is 3.61. The summed E-state index contributed by atoms with van der Waals surface area (Å²) in [5.41, 5.74) is 4.00. The van der Waals surface area contributed by atoms with Crippen molar-refractivity contribution < 1.29 is 14.0 Å². The molecule has 0 spiro atoms. The van der Waals surface area contributed by atoms with Crippen molar-refractivity contribution in [2.75, 3.05) is 18.0 Å². The number of aromatic amines is 1. The molecule has 0 radical (unpaired) electrons. The van der Waals surface area contributed by atoms with Crippen molar-refractivity contribution in [2.24, 2.45) is 0 Å². The van der Waals surface area contributed by atoms with Crippen LogP contribution in [0.5, 0.6) is 0 Å². The van der Waals surface area contributed by atoms with E-state index in [1.807, 2.05) is 47.4 Å². The molecule has 4 aromatic rings. The standard InChI is InChI=1S/C26H24N4O3/c31-25(30-14-12-17-7-1-3-9-21(17)30)20-16-19(27-28-20)22-10-5-6-13-29(22)26(32)24-15-18-8-2-4-11-23(18)33-24/h1-4,7-9,11,15-16,22H,5-6,10,12-14H2,(H,27,28). The number of likely N-dealkylation sites (tertiary alicyclic amines) is 1. The van der Waals surface area contributed by atoms with Crippen molar-refractivity contribution in [1.82, 2.24) is 15.1 Å². The largest absolute Gasteiger partial charge is 0.451 e. The summed E-state index contributed by atoms with van der Waals surface area (Å²) in [7, 11) is 0. The number of carbonyl (C=O) groups is 2. The lowest BCUT2D eigenvalue weighted by Gasteiger charge is -2.34. The van der Waals surface area contributed by atoms with Crippen molar-refractivity contribution in [3.8, 4) is 0 Å². The molecule has 7 heteroatoms. The van der Waals surface area contributed by atoms with Gasteiger partial charge in [0.25, 0.3) is 11.8 Å². The van der Waals surface area contributed by atoms with Crippen LogP contribution in [0.25, 0.3) is 11.0 Å². The van der Waals surface area contributed by atoms with Crippen molar-refractivity contribution >= 4 is 28.5 Å². The molecule has 6 rings (SSSR count). The molecule has 166 valence electrons. The zero-order chi connectivity index (χ0) is 22.4. The Labute approximate surface area is 191 Å². The summed E-state index contributed by atoms with van der Waals surface area (Å²) < 4.78 is 5.83. The predicted octanol–water partition coefficient (Wildman–Crippen LogP) is 4.73. The second-order valence-electron chi connectivity index (χ2n) is 8.70. The summed E-state index contributed by atoms with van der Waals surface area (Å²) >= 11 is 0. The van der Waals surface area contributed by atoms with Gasteiger partial charge in [-0.25, -0.2) is 0 Å². The maximum atomic E-state index is 13.4. The van der Waals surface area contributed by atoms with Crippen LogP contribution in [0.2, 0.25) is 0 Å². The van der Waals surface area contributed by atoms with Crippen LogP contribution < -0.4 is 4.90 Å². The van der Waals surface area contributed by atoms with E-state index in [-0.39, 0.29) is 17.9 Å². The number of benzene rings is 2. The third kappa shape index (κ3) is 3.40. The first-order chi connectivity index (χ1) is 16.2. The van der Waals surface area contributed by atoms with Gasteiger partial charge in [0.1, 0.15) is 5.58 Å². The molecule has 33 heavy (non-hydrogen) atoms. The highest BCUT2D eigenvalue weighted by Crippen LogP contribution is 2.33. The normalized spacial score (nSPS) is 18.0. The van der Waals surface area contributed by atoms with Gasteiger partial charge in [0.15, 0.2) is 11.5 Å². The number of nitrogens with zero attached hydrogens (tertiary/aromatic N) is 3. The molecule has 2 amide bonds. The van der Waals surface area contributed by atoms with E-state index in [0.29, 0.717) is 30.1 Å². The average Bonchev–Trinajstić information content (AvgIpc) is 3.61. The summed E-state index contributed by atoms with van der Waals surface area (Å²) in [6, 6.07) is 19.0. The first-order valence-corrected chi connectivity index (χ1v) is 11.4. The molecule has 7 nitrogen and oxygen atoms in total. The quantitative estimate of drug-likeness (QED) is 0.499. The maximum Gasteiger partial charge on any atom is 0.290 e. The van der Waals surface area contributed by atoms with E-state index in [4.69, 9.17) is 4.42 Å². The fourth-order valence-electron chi connectivity index (χ4n) is 5.03. The molecule has 1 unspecified atom stereocenters. The molecule has 2 aromatic heterocycles. The lowest BCUT2D eigenvalue weighted by atomic mass is 9.98. The number of aromatic nitrogens is 2. The van der Waals surface area contributed by atoms with E-state index in [1.165, 1.54) is 5.56 Å². The lowest BCUT2D eigenvalue weighted by Crippen LogP contribution is -2.38. The topological polar surface area (TPSA) is 82.4 Å². The maximum absolute atomic E-state index is 13.4. The number of amides is 2. The molecule has 1 N–H and O–H groups in total. The van der Waals surface area contributed by atoms with E-state index >= 15 is 0 Å². The second-order valence-corrected chi connectivity index (χ2v) is 8.70. The molecule has 2 aromatic carbocycles. The van der Waals surface area contributed by atoms with Crippen molar-refractivity contribution in [3.63, 3.8) is 0 Å². The zero-order valence-electron chi connectivity index (χ0n) is 18.2. The number of anilines is 1. The van der Waals surface area contributed by atoms with Gasteiger partial charge in [-0.05, 0) is 55.5 Å². The van der Waals surface area contributed by atoms with E-state index in [2.05, 4.69) is 16.3 Å². The summed E-state index contributed by atoms with van der Waals surface area (Å²) in [4.78, 5) is 30.2. The van der Waals surface area contributed by atoms with Gasteiger partial charge in [0.05, 0.1) is 11.7 Å². The van der Waals surface area contributed by atoms with E-state index in [0.717, 1.165) is 42.5 Å². The van der Waals surface area contributed by atoms with Crippen LogP contribution in [0, 0.1) is 0 Å². The number of nitrogens with one attached hydrogen (secondary N) is 1. The Kier molecular flexibility index (Phi) is 4.75. The molecule has 0 bridgehead atoms. The van der Waals surface area contributed by atoms with Crippen LogP contribution in [0.4, 0.5) is 5.69 Å². The Morgan fingerprint density at radius 2 is 1.82 bits per heavy atom. The van der Waals surface area contributed by atoms with Crippen LogP contribution in [-0.2, 0) is 6.42 Å². The van der Waals surface area contributed by atoms with Crippen LogP contribution in [-0.4, -0.2) is 40.0 Å². The third-order valence-electron chi connectivity index (χ3n) is 6.71. The lowest BCUT2D eigenvalue weighted by molar-refractivity contribution is 0.0576. The molecule has 0 saturated carbocycles. The fraction of sp³-hybridized carbons (Fsp3) is 0.269. The molecular weight excluding hydrogens is 416 g/mol. The number of furan rings is 1. The summed E-state index contributed by atoms with van der Waals surface area (Å²) in [6.45, 7) is 1.29. The number of piperidine rings is 1. The van der Waals surface area contributed by atoms with Crippen LogP contribution in [0.3, 0.4) is 0 Å². The average molecular weight is 441 g/mol. The molecule has 1 fully saturated rings. The van der Waals surface area contributed by atoms with Gasteiger partial charge in [-0.3, -0.25) is 14.7 Å². The molecule has 4 heterocycles. The Hall–Kier alpha value is -3.87.